The first-order chi connectivity index (χ1) is 8.51. The lowest BCUT2D eigenvalue weighted by Gasteiger charge is -2.18. The van der Waals surface area contributed by atoms with Gasteiger partial charge in [-0.3, -0.25) is 0 Å². The fourth-order valence-electron chi connectivity index (χ4n) is 2.37. The molecule has 18 heavy (non-hydrogen) atoms. The predicted octanol–water partition coefficient (Wildman–Crippen LogP) is 5.79. The highest BCUT2D eigenvalue weighted by atomic mass is 14.2. The van der Waals surface area contributed by atoms with E-state index in [0.717, 1.165) is 0 Å². The molecule has 0 heterocycles. The molecule has 1 aromatic carbocycles. The van der Waals surface area contributed by atoms with Crippen LogP contribution in [0, 0.1) is 5.41 Å². The van der Waals surface area contributed by atoms with Crippen LogP contribution in [0.25, 0.3) is 0 Å². The quantitative estimate of drug-likeness (QED) is 0.534. The second-order valence-electron chi connectivity index (χ2n) is 6.72. The molecule has 1 aromatic rings. The van der Waals surface area contributed by atoms with Crippen LogP contribution in [0.2, 0.25) is 0 Å². The molecule has 102 valence electrons. The number of benzene rings is 1. The third-order valence-electron chi connectivity index (χ3n) is 3.33. The molecule has 0 aliphatic carbocycles. The zero-order valence-corrected chi connectivity index (χ0v) is 12.8. The average Bonchev–Trinajstić information content (AvgIpc) is 2.29. The van der Waals surface area contributed by atoms with Crippen molar-refractivity contribution in [3.8, 4) is 0 Å². The minimum absolute atomic E-state index is 0.391. The molecule has 0 aromatic heterocycles. The summed E-state index contributed by atoms with van der Waals surface area (Å²) in [7, 11) is 0. The fourth-order valence-corrected chi connectivity index (χ4v) is 2.37. The molecule has 0 amide bonds. The summed E-state index contributed by atoms with van der Waals surface area (Å²) in [5.74, 6) is 0. The van der Waals surface area contributed by atoms with Crippen molar-refractivity contribution in [3.05, 3.63) is 35.4 Å². The van der Waals surface area contributed by atoms with Gasteiger partial charge in [0, 0.05) is 0 Å². The largest absolute Gasteiger partial charge is 0.0654 e. The molecule has 0 unspecified atom stereocenters. The predicted molar refractivity (Wildman–Crippen MR) is 82.1 cm³/mol. The smallest absolute Gasteiger partial charge is 0.0230 e. The first-order valence-electron chi connectivity index (χ1n) is 7.59. The highest BCUT2D eigenvalue weighted by Crippen LogP contribution is 2.21. The van der Waals surface area contributed by atoms with Crippen LogP contribution in [0.5, 0.6) is 0 Å². The number of hydrogen-bond acceptors (Lipinski definition) is 0. The Bertz CT molecular complexity index is 313. The van der Waals surface area contributed by atoms with Crippen molar-refractivity contribution in [2.75, 3.05) is 0 Å². The van der Waals surface area contributed by atoms with Gasteiger partial charge in [0.15, 0.2) is 0 Å². The Balaban J connectivity index is 2.32. The zero-order valence-electron chi connectivity index (χ0n) is 12.8. The molecule has 1 rings (SSSR count). The Hall–Kier alpha value is -0.780. The van der Waals surface area contributed by atoms with Crippen molar-refractivity contribution in [2.24, 2.45) is 5.41 Å². The Morgan fingerprint density at radius 3 is 1.89 bits per heavy atom. The summed E-state index contributed by atoms with van der Waals surface area (Å²) in [6, 6.07) is 9.26. The molecular formula is C18H30. The van der Waals surface area contributed by atoms with Gasteiger partial charge in [-0.1, -0.05) is 77.6 Å². The summed E-state index contributed by atoms with van der Waals surface area (Å²) in [6.45, 7) is 9.17. The summed E-state index contributed by atoms with van der Waals surface area (Å²) in [6.07, 6.45) is 9.28. The number of aryl methyl sites for hydroxylation is 1. The van der Waals surface area contributed by atoms with Crippen LogP contribution in [0.15, 0.2) is 24.3 Å². The van der Waals surface area contributed by atoms with E-state index in [-0.39, 0.29) is 0 Å². The van der Waals surface area contributed by atoms with Crippen LogP contribution in [0.4, 0.5) is 0 Å². The Labute approximate surface area is 114 Å². The zero-order chi connectivity index (χ0) is 13.4. The third-order valence-corrected chi connectivity index (χ3v) is 3.33. The van der Waals surface area contributed by atoms with Crippen molar-refractivity contribution < 1.29 is 0 Å². The van der Waals surface area contributed by atoms with Gasteiger partial charge in [0.1, 0.15) is 0 Å². The molecule has 0 bridgehead atoms. The topological polar surface area (TPSA) is 0 Å². The second kappa shape index (κ2) is 7.61. The lowest BCUT2D eigenvalue weighted by atomic mass is 9.88. The first-order valence-corrected chi connectivity index (χ1v) is 7.59. The van der Waals surface area contributed by atoms with Crippen molar-refractivity contribution in [3.63, 3.8) is 0 Å². The molecule has 0 aliphatic rings. The normalized spacial score (nSPS) is 11.8. The molecule has 0 saturated carbocycles. The van der Waals surface area contributed by atoms with Gasteiger partial charge in [-0.15, -0.1) is 0 Å². The number of rotatable bonds is 7. The molecule has 0 atom stereocenters. The van der Waals surface area contributed by atoms with Crippen molar-refractivity contribution in [2.45, 2.75) is 72.6 Å². The Kier molecular flexibility index (Phi) is 6.46. The van der Waals surface area contributed by atoms with E-state index in [1.807, 2.05) is 0 Å². The fraction of sp³-hybridized carbons (Fsp3) is 0.667. The standard InChI is InChI=1S/C18H30/c1-5-6-7-8-9-10-16-11-13-17(14-12-16)15-18(2,3)4/h11-14H,5-10,15H2,1-4H3. The highest BCUT2D eigenvalue weighted by Gasteiger charge is 2.10. The molecule has 0 saturated heterocycles. The van der Waals surface area contributed by atoms with Gasteiger partial charge in [-0.25, -0.2) is 0 Å². The van der Waals surface area contributed by atoms with Crippen LogP contribution in [0.3, 0.4) is 0 Å². The third kappa shape index (κ3) is 6.83. The van der Waals surface area contributed by atoms with Crippen LogP contribution >= 0.6 is 0 Å². The van der Waals surface area contributed by atoms with Crippen LogP contribution < -0.4 is 0 Å². The SMILES string of the molecule is CCCCCCCc1ccc(CC(C)(C)C)cc1. The van der Waals surface area contributed by atoms with Gasteiger partial charge in [-0.05, 0) is 35.8 Å². The summed E-state index contributed by atoms with van der Waals surface area (Å²) in [5.41, 5.74) is 3.36. The van der Waals surface area contributed by atoms with E-state index in [9.17, 15) is 0 Å². The molecule has 0 heteroatoms. The van der Waals surface area contributed by atoms with Crippen LogP contribution in [0.1, 0.15) is 70.9 Å². The van der Waals surface area contributed by atoms with Gasteiger partial charge < -0.3 is 0 Å². The Morgan fingerprint density at radius 2 is 1.33 bits per heavy atom. The first kappa shape index (κ1) is 15.3. The maximum atomic E-state index is 2.32. The minimum Gasteiger partial charge on any atom is -0.0654 e. The molecule has 0 nitrogen and oxygen atoms in total. The Morgan fingerprint density at radius 1 is 0.778 bits per heavy atom. The van der Waals surface area contributed by atoms with Crippen molar-refractivity contribution in [1.82, 2.24) is 0 Å². The summed E-state index contributed by atoms with van der Waals surface area (Å²) in [4.78, 5) is 0. The lowest BCUT2D eigenvalue weighted by Crippen LogP contribution is -2.08. The molecule has 0 fully saturated rings. The monoisotopic (exact) mass is 246 g/mol. The summed E-state index contributed by atoms with van der Waals surface area (Å²) in [5, 5.41) is 0. The van der Waals surface area contributed by atoms with E-state index in [1.54, 1.807) is 0 Å². The second-order valence-corrected chi connectivity index (χ2v) is 6.72. The molecule has 0 spiro atoms. The highest BCUT2D eigenvalue weighted by molar-refractivity contribution is 5.23. The minimum atomic E-state index is 0.391. The van der Waals surface area contributed by atoms with Gasteiger partial charge >= 0.3 is 0 Å². The molecule has 0 aliphatic heterocycles. The lowest BCUT2D eigenvalue weighted by molar-refractivity contribution is 0.411. The van der Waals surface area contributed by atoms with E-state index in [0.29, 0.717) is 5.41 Å². The molecular weight excluding hydrogens is 216 g/mol. The van der Waals surface area contributed by atoms with Crippen molar-refractivity contribution >= 4 is 0 Å². The van der Waals surface area contributed by atoms with Gasteiger partial charge in [0.2, 0.25) is 0 Å². The van der Waals surface area contributed by atoms with Crippen LogP contribution in [-0.2, 0) is 12.8 Å². The van der Waals surface area contributed by atoms with E-state index in [4.69, 9.17) is 0 Å². The maximum absolute atomic E-state index is 2.32. The number of hydrogen-bond donors (Lipinski definition) is 0. The van der Waals surface area contributed by atoms with E-state index in [1.165, 1.54) is 56.1 Å². The van der Waals surface area contributed by atoms with Gasteiger partial charge in [0.25, 0.3) is 0 Å². The number of unbranched alkanes of at least 4 members (excludes halogenated alkanes) is 4. The van der Waals surface area contributed by atoms with Crippen LogP contribution in [-0.4, -0.2) is 0 Å². The maximum Gasteiger partial charge on any atom is -0.0230 e. The molecule has 0 radical (unpaired) electrons. The van der Waals surface area contributed by atoms with Gasteiger partial charge in [0.05, 0.1) is 0 Å². The molecule has 0 N–H and O–H groups in total. The van der Waals surface area contributed by atoms with Crippen molar-refractivity contribution in [1.29, 1.82) is 0 Å². The average molecular weight is 246 g/mol. The van der Waals surface area contributed by atoms with Gasteiger partial charge in [-0.2, -0.15) is 0 Å². The van der Waals surface area contributed by atoms with E-state index >= 15 is 0 Å². The van der Waals surface area contributed by atoms with E-state index < -0.39 is 0 Å². The summed E-state index contributed by atoms with van der Waals surface area (Å²) < 4.78 is 0. The van der Waals surface area contributed by atoms with E-state index in [2.05, 4.69) is 52.0 Å². The summed E-state index contributed by atoms with van der Waals surface area (Å²) >= 11 is 0.